The minimum absolute atomic E-state index is 0.425. The minimum Gasteiger partial charge on any atom is -0.308 e. The van der Waals surface area contributed by atoms with Crippen molar-refractivity contribution in [3.05, 3.63) is 16.6 Å². The van der Waals surface area contributed by atoms with Crippen LogP contribution in [0.25, 0.3) is 0 Å². The summed E-state index contributed by atoms with van der Waals surface area (Å²) in [6, 6.07) is 0.425. The van der Waals surface area contributed by atoms with Gasteiger partial charge in [-0.15, -0.1) is 11.3 Å². The number of hydrogen-bond donors (Lipinski definition) is 1. The van der Waals surface area contributed by atoms with Crippen LogP contribution in [0.15, 0.2) is 11.6 Å². The lowest BCUT2D eigenvalue weighted by Gasteiger charge is -2.10. The Labute approximate surface area is 89.8 Å². The van der Waals surface area contributed by atoms with Crippen LogP contribution in [-0.2, 0) is 0 Å². The van der Waals surface area contributed by atoms with Gasteiger partial charge in [0.25, 0.3) is 0 Å². The van der Waals surface area contributed by atoms with Crippen molar-refractivity contribution < 1.29 is 0 Å². The lowest BCUT2D eigenvalue weighted by atomic mass is 10.2. The van der Waals surface area contributed by atoms with E-state index >= 15 is 0 Å². The van der Waals surface area contributed by atoms with Crippen molar-refractivity contribution in [1.82, 2.24) is 10.3 Å². The van der Waals surface area contributed by atoms with Gasteiger partial charge in [-0.1, -0.05) is 12.8 Å². The van der Waals surface area contributed by atoms with Crippen LogP contribution in [0, 0.1) is 5.92 Å². The average Bonchev–Trinajstić information content (AvgIpc) is 2.84. The van der Waals surface area contributed by atoms with Crippen LogP contribution in [-0.4, -0.2) is 11.5 Å². The SMILES string of the molecule is CC(NCCCC1CC1)c1nccs1. The van der Waals surface area contributed by atoms with E-state index in [0.717, 1.165) is 12.5 Å². The molecule has 1 aromatic heterocycles. The van der Waals surface area contributed by atoms with Crippen LogP contribution < -0.4 is 5.32 Å². The summed E-state index contributed by atoms with van der Waals surface area (Å²) < 4.78 is 0. The van der Waals surface area contributed by atoms with E-state index in [4.69, 9.17) is 0 Å². The van der Waals surface area contributed by atoms with Gasteiger partial charge in [-0.3, -0.25) is 0 Å². The number of aromatic nitrogens is 1. The molecule has 0 bridgehead atoms. The summed E-state index contributed by atoms with van der Waals surface area (Å²) in [5.41, 5.74) is 0. The Hall–Kier alpha value is -0.410. The summed E-state index contributed by atoms with van der Waals surface area (Å²) in [6.07, 6.45) is 7.56. The fourth-order valence-electron chi connectivity index (χ4n) is 1.65. The molecule has 1 heterocycles. The largest absolute Gasteiger partial charge is 0.308 e. The zero-order valence-corrected chi connectivity index (χ0v) is 9.52. The van der Waals surface area contributed by atoms with E-state index in [9.17, 15) is 0 Å². The van der Waals surface area contributed by atoms with E-state index in [1.54, 1.807) is 11.3 Å². The van der Waals surface area contributed by atoms with E-state index in [1.165, 1.54) is 30.7 Å². The van der Waals surface area contributed by atoms with Gasteiger partial charge in [-0.2, -0.15) is 0 Å². The zero-order chi connectivity index (χ0) is 9.80. The summed E-state index contributed by atoms with van der Waals surface area (Å²) in [5, 5.41) is 6.76. The molecule has 1 N–H and O–H groups in total. The molecule has 0 aliphatic heterocycles. The first-order valence-electron chi connectivity index (χ1n) is 5.49. The minimum atomic E-state index is 0.425. The van der Waals surface area contributed by atoms with Crippen molar-refractivity contribution in [3.63, 3.8) is 0 Å². The molecule has 1 fully saturated rings. The molecule has 0 amide bonds. The van der Waals surface area contributed by atoms with Crippen molar-refractivity contribution in [3.8, 4) is 0 Å². The Balaban J connectivity index is 1.59. The molecule has 0 radical (unpaired) electrons. The van der Waals surface area contributed by atoms with Crippen LogP contribution in [0.4, 0.5) is 0 Å². The maximum absolute atomic E-state index is 4.30. The van der Waals surface area contributed by atoms with E-state index in [-0.39, 0.29) is 0 Å². The second kappa shape index (κ2) is 4.89. The number of rotatable bonds is 6. The topological polar surface area (TPSA) is 24.9 Å². The molecule has 0 saturated heterocycles. The van der Waals surface area contributed by atoms with Crippen LogP contribution in [0.2, 0.25) is 0 Å². The normalized spacial score (nSPS) is 18.4. The molecule has 0 spiro atoms. The summed E-state index contributed by atoms with van der Waals surface area (Å²) >= 11 is 1.73. The Morgan fingerprint density at radius 1 is 1.64 bits per heavy atom. The highest BCUT2D eigenvalue weighted by Crippen LogP contribution is 2.33. The van der Waals surface area contributed by atoms with Crippen LogP contribution in [0.1, 0.15) is 43.7 Å². The van der Waals surface area contributed by atoms with Crippen molar-refractivity contribution in [2.75, 3.05) is 6.54 Å². The van der Waals surface area contributed by atoms with Crippen molar-refractivity contribution in [2.24, 2.45) is 5.92 Å². The maximum Gasteiger partial charge on any atom is 0.109 e. The third-order valence-electron chi connectivity index (χ3n) is 2.76. The number of hydrogen-bond acceptors (Lipinski definition) is 3. The first-order valence-corrected chi connectivity index (χ1v) is 6.37. The predicted molar refractivity (Wildman–Crippen MR) is 60.5 cm³/mol. The third-order valence-corrected chi connectivity index (χ3v) is 3.72. The van der Waals surface area contributed by atoms with E-state index in [2.05, 4.69) is 17.2 Å². The van der Waals surface area contributed by atoms with Gasteiger partial charge in [0, 0.05) is 11.6 Å². The second-order valence-electron chi connectivity index (χ2n) is 4.13. The highest BCUT2D eigenvalue weighted by atomic mass is 32.1. The molecular weight excluding hydrogens is 192 g/mol. The van der Waals surface area contributed by atoms with Crippen LogP contribution in [0.3, 0.4) is 0 Å². The number of nitrogens with zero attached hydrogens (tertiary/aromatic N) is 1. The molecule has 78 valence electrons. The molecule has 1 aliphatic rings. The lowest BCUT2D eigenvalue weighted by molar-refractivity contribution is 0.531. The average molecular weight is 210 g/mol. The second-order valence-corrected chi connectivity index (χ2v) is 5.06. The van der Waals surface area contributed by atoms with Crippen molar-refractivity contribution in [1.29, 1.82) is 0 Å². The maximum atomic E-state index is 4.30. The predicted octanol–water partition coefficient (Wildman–Crippen LogP) is 2.98. The van der Waals surface area contributed by atoms with E-state index in [0.29, 0.717) is 6.04 Å². The van der Waals surface area contributed by atoms with E-state index in [1.807, 2.05) is 11.6 Å². The summed E-state index contributed by atoms with van der Waals surface area (Å²) in [4.78, 5) is 4.30. The number of nitrogens with one attached hydrogen (secondary N) is 1. The third kappa shape index (κ3) is 3.07. The Kier molecular flexibility index (Phi) is 3.54. The molecule has 0 aromatic carbocycles. The summed E-state index contributed by atoms with van der Waals surface area (Å²) in [6.45, 7) is 3.33. The summed E-state index contributed by atoms with van der Waals surface area (Å²) in [5.74, 6) is 1.06. The van der Waals surface area contributed by atoms with Crippen LogP contribution >= 0.6 is 11.3 Å². The Morgan fingerprint density at radius 3 is 3.14 bits per heavy atom. The van der Waals surface area contributed by atoms with Gasteiger partial charge in [0.1, 0.15) is 5.01 Å². The molecule has 1 atom stereocenters. The highest BCUT2D eigenvalue weighted by Gasteiger charge is 2.20. The molecule has 1 unspecified atom stereocenters. The van der Waals surface area contributed by atoms with E-state index < -0.39 is 0 Å². The molecule has 2 nitrogen and oxygen atoms in total. The molecule has 14 heavy (non-hydrogen) atoms. The van der Waals surface area contributed by atoms with Gasteiger partial charge in [-0.25, -0.2) is 4.98 Å². The molecular formula is C11H18N2S. The van der Waals surface area contributed by atoms with Crippen molar-refractivity contribution >= 4 is 11.3 Å². The molecule has 1 saturated carbocycles. The first kappa shape index (κ1) is 10.1. The van der Waals surface area contributed by atoms with Gasteiger partial charge in [0.2, 0.25) is 0 Å². The molecule has 2 rings (SSSR count). The van der Waals surface area contributed by atoms with Gasteiger partial charge < -0.3 is 5.32 Å². The monoisotopic (exact) mass is 210 g/mol. The zero-order valence-electron chi connectivity index (χ0n) is 8.70. The lowest BCUT2D eigenvalue weighted by Crippen LogP contribution is -2.19. The van der Waals surface area contributed by atoms with Gasteiger partial charge in [-0.05, 0) is 32.2 Å². The van der Waals surface area contributed by atoms with Gasteiger partial charge in [0.15, 0.2) is 0 Å². The quantitative estimate of drug-likeness (QED) is 0.730. The van der Waals surface area contributed by atoms with Gasteiger partial charge >= 0.3 is 0 Å². The summed E-state index contributed by atoms with van der Waals surface area (Å²) in [7, 11) is 0. The van der Waals surface area contributed by atoms with Crippen molar-refractivity contribution in [2.45, 2.75) is 38.6 Å². The first-order chi connectivity index (χ1) is 6.86. The molecule has 1 aromatic rings. The fraction of sp³-hybridized carbons (Fsp3) is 0.727. The Bertz CT molecular complexity index is 254. The Morgan fingerprint density at radius 2 is 2.50 bits per heavy atom. The number of thiazole rings is 1. The standard InChI is InChI=1S/C11H18N2S/c1-9(11-13-7-8-14-11)12-6-2-3-10-4-5-10/h7-10,12H,2-6H2,1H3. The fourth-order valence-corrected chi connectivity index (χ4v) is 2.32. The molecule has 1 aliphatic carbocycles. The van der Waals surface area contributed by atoms with Crippen LogP contribution in [0.5, 0.6) is 0 Å². The molecule has 3 heteroatoms. The van der Waals surface area contributed by atoms with Gasteiger partial charge in [0.05, 0.1) is 6.04 Å². The smallest absolute Gasteiger partial charge is 0.109 e. The highest BCUT2D eigenvalue weighted by molar-refractivity contribution is 7.09.